The van der Waals surface area contributed by atoms with E-state index < -0.39 is 15.9 Å². The number of imidazole rings is 1. The van der Waals surface area contributed by atoms with Crippen LogP contribution in [-0.4, -0.2) is 28.2 Å². The first-order valence-electron chi connectivity index (χ1n) is 5.56. The first-order chi connectivity index (χ1) is 9.01. The molecule has 0 aliphatic heterocycles. The number of rotatable bonds is 4. The van der Waals surface area contributed by atoms with Crippen LogP contribution in [0.1, 0.15) is 6.92 Å². The minimum Gasteiger partial charge on any atom is -0.318 e. The number of hydrogen-bond acceptors (Lipinski definition) is 4. The molecule has 1 aromatic carbocycles. The normalized spacial score (nSPS) is 11.2. The van der Waals surface area contributed by atoms with E-state index in [-0.39, 0.29) is 11.6 Å². The lowest BCUT2D eigenvalue weighted by atomic mass is 10.4. The Labute approximate surface area is 111 Å². The van der Waals surface area contributed by atoms with Gasteiger partial charge in [-0.3, -0.25) is 4.79 Å². The summed E-state index contributed by atoms with van der Waals surface area (Å²) < 4.78 is 27.1. The van der Waals surface area contributed by atoms with Gasteiger partial charge in [0, 0.05) is 19.3 Å². The Kier molecular flexibility index (Phi) is 3.66. The molecule has 19 heavy (non-hydrogen) atoms. The quantitative estimate of drug-likeness (QED) is 0.839. The van der Waals surface area contributed by atoms with Crippen molar-refractivity contribution >= 4 is 15.9 Å². The van der Waals surface area contributed by atoms with Crippen LogP contribution >= 0.6 is 0 Å². The molecule has 0 fully saturated rings. The van der Waals surface area contributed by atoms with Crippen molar-refractivity contribution in [1.82, 2.24) is 13.9 Å². The third-order valence-electron chi connectivity index (χ3n) is 2.53. The maximum atomic E-state index is 12.4. The molecule has 1 heterocycles. The highest BCUT2D eigenvalue weighted by Crippen LogP contribution is 2.16. The predicted octanol–water partition coefficient (Wildman–Crippen LogP) is 1.08. The summed E-state index contributed by atoms with van der Waals surface area (Å²) in [6.45, 7) is 1.13. The number of carbonyl (C=O) groups is 1. The van der Waals surface area contributed by atoms with Gasteiger partial charge >= 0.3 is 0 Å². The van der Waals surface area contributed by atoms with Gasteiger partial charge in [0.2, 0.25) is 5.91 Å². The van der Waals surface area contributed by atoms with E-state index in [1.54, 1.807) is 24.4 Å². The van der Waals surface area contributed by atoms with Crippen LogP contribution in [0.25, 0.3) is 0 Å². The molecule has 0 saturated carbocycles. The topological polar surface area (TPSA) is 72.3 Å². The third kappa shape index (κ3) is 2.82. The average molecular weight is 279 g/mol. The predicted molar refractivity (Wildman–Crippen MR) is 68.4 cm³/mol. The average Bonchev–Trinajstić information content (AvgIpc) is 2.89. The summed E-state index contributed by atoms with van der Waals surface area (Å²) >= 11 is 0. The second-order valence-electron chi connectivity index (χ2n) is 3.90. The van der Waals surface area contributed by atoms with Gasteiger partial charge in [0.05, 0.1) is 11.2 Å². The van der Waals surface area contributed by atoms with Crippen LogP contribution in [0.4, 0.5) is 0 Å². The van der Waals surface area contributed by atoms with Gasteiger partial charge in [-0.2, -0.15) is 0 Å². The first kappa shape index (κ1) is 13.3. The maximum Gasteiger partial charge on any atom is 0.268 e. The van der Waals surface area contributed by atoms with E-state index in [2.05, 4.69) is 4.98 Å². The number of amides is 1. The molecular formula is C12H13N3O3S. The summed E-state index contributed by atoms with van der Waals surface area (Å²) in [6, 6.07) is 7.86. The molecule has 100 valence electrons. The number of benzene rings is 1. The van der Waals surface area contributed by atoms with Crippen molar-refractivity contribution in [2.24, 2.45) is 0 Å². The number of nitrogens with zero attached hydrogens (tertiary/aromatic N) is 3. The van der Waals surface area contributed by atoms with E-state index in [4.69, 9.17) is 0 Å². The Morgan fingerprint density at radius 2 is 2.00 bits per heavy atom. The van der Waals surface area contributed by atoms with Crippen LogP contribution in [0.5, 0.6) is 0 Å². The molecule has 0 unspecified atom stereocenters. The van der Waals surface area contributed by atoms with Crippen LogP contribution in [0.2, 0.25) is 0 Å². The van der Waals surface area contributed by atoms with Crippen LogP contribution in [0.15, 0.2) is 53.9 Å². The van der Waals surface area contributed by atoms with Crippen LogP contribution in [0, 0.1) is 0 Å². The van der Waals surface area contributed by atoms with Gasteiger partial charge in [-0.25, -0.2) is 17.7 Å². The monoisotopic (exact) mass is 279 g/mol. The van der Waals surface area contributed by atoms with Gasteiger partial charge in [0.1, 0.15) is 6.67 Å². The molecule has 0 spiro atoms. The Hall–Kier alpha value is -2.15. The summed E-state index contributed by atoms with van der Waals surface area (Å²) in [5.74, 6) is -0.544. The fourth-order valence-corrected chi connectivity index (χ4v) is 2.96. The highest BCUT2D eigenvalue weighted by atomic mass is 32.2. The SMILES string of the molecule is CC(=O)N(Cn1ccnc1)S(=O)(=O)c1ccccc1. The summed E-state index contributed by atoms with van der Waals surface area (Å²) in [6.07, 6.45) is 4.57. The van der Waals surface area contributed by atoms with Gasteiger partial charge in [-0.15, -0.1) is 0 Å². The number of aromatic nitrogens is 2. The van der Waals surface area contributed by atoms with E-state index in [0.29, 0.717) is 0 Å². The van der Waals surface area contributed by atoms with Crippen molar-refractivity contribution in [1.29, 1.82) is 0 Å². The molecule has 1 aromatic heterocycles. The van der Waals surface area contributed by atoms with E-state index in [9.17, 15) is 13.2 Å². The Morgan fingerprint density at radius 3 is 2.53 bits per heavy atom. The smallest absolute Gasteiger partial charge is 0.268 e. The molecule has 0 aliphatic rings. The molecule has 1 amide bonds. The number of carbonyl (C=O) groups excluding carboxylic acids is 1. The highest BCUT2D eigenvalue weighted by Gasteiger charge is 2.26. The minimum atomic E-state index is -3.84. The zero-order valence-corrected chi connectivity index (χ0v) is 11.1. The fourth-order valence-electron chi connectivity index (χ4n) is 1.58. The molecule has 0 bridgehead atoms. The second-order valence-corrected chi connectivity index (χ2v) is 5.77. The van der Waals surface area contributed by atoms with E-state index in [1.165, 1.54) is 36.1 Å². The number of hydrogen-bond donors (Lipinski definition) is 0. The zero-order chi connectivity index (χ0) is 13.9. The molecule has 2 rings (SSSR count). The molecule has 0 atom stereocenters. The van der Waals surface area contributed by atoms with Crippen LogP contribution in [0.3, 0.4) is 0 Å². The molecule has 0 radical (unpaired) electrons. The standard InChI is InChI=1S/C12H13N3O3S/c1-11(16)15(10-14-8-7-13-9-14)19(17,18)12-5-3-2-4-6-12/h2-9H,10H2,1H3. The van der Waals surface area contributed by atoms with Gasteiger partial charge in [0.25, 0.3) is 10.0 Å². The molecule has 0 N–H and O–H groups in total. The van der Waals surface area contributed by atoms with Crippen LogP contribution in [-0.2, 0) is 21.5 Å². The minimum absolute atomic E-state index is 0.0883. The highest BCUT2D eigenvalue weighted by molar-refractivity contribution is 7.89. The maximum absolute atomic E-state index is 12.4. The molecule has 7 heteroatoms. The molecule has 6 nitrogen and oxygen atoms in total. The summed E-state index contributed by atoms with van der Waals surface area (Å²) in [7, 11) is -3.84. The lowest BCUT2D eigenvalue weighted by Crippen LogP contribution is -2.36. The fraction of sp³-hybridized carbons (Fsp3) is 0.167. The lowest BCUT2D eigenvalue weighted by molar-refractivity contribution is -0.125. The number of sulfonamides is 1. The lowest BCUT2D eigenvalue weighted by Gasteiger charge is -2.21. The summed E-state index contributed by atoms with van der Waals surface area (Å²) in [5.41, 5.74) is 0. The van der Waals surface area contributed by atoms with Gasteiger partial charge in [-0.05, 0) is 12.1 Å². The van der Waals surface area contributed by atoms with Crippen molar-refractivity contribution in [3.8, 4) is 0 Å². The first-order valence-corrected chi connectivity index (χ1v) is 7.00. The molecule has 0 aliphatic carbocycles. The largest absolute Gasteiger partial charge is 0.318 e. The second kappa shape index (κ2) is 5.23. The van der Waals surface area contributed by atoms with Gasteiger partial charge in [0.15, 0.2) is 0 Å². The van der Waals surface area contributed by atoms with Gasteiger partial charge in [-0.1, -0.05) is 18.2 Å². The Morgan fingerprint density at radius 1 is 1.32 bits per heavy atom. The van der Waals surface area contributed by atoms with E-state index in [0.717, 1.165) is 4.31 Å². The summed E-state index contributed by atoms with van der Waals surface area (Å²) in [4.78, 5) is 15.5. The van der Waals surface area contributed by atoms with Gasteiger partial charge < -0.3 is 4.57 Å². The van der Waals surface area contributed by atoms with Crippen molar-refractivity contribution in [2.75, 3.05) is 0 Å². The van der Waals surface area contributed by atoms with E-state index in [1.807, 2.05) is 0 Å². The van der Waals surface area contributed by atoms with Crippen molar-refractivity contribution in [3.05, 3.63) is 49.1 Å². The van der Waals surface area contributed by atoms with Crippen molar-refractivity contribution in [2.45, 2.75) is 18.5 Å². The molecule has 0 saturated heterocycles. The van der Waals surface area contributed by atoms with E-state index >= 15 is 0 Å². The Balaban J connectivity index is 2.37. The molecule has 2 aromatic rings. The molecular weight excluding hydrogens is 266 g/mol. The Bertz CT molecular complexity index is 651. The summed E-state index contributed by atoms with van der Waals surface area (Å²) in [5, 5.41) is 0. The zero-order valence-electron chi connectivity index (χ0n) is 10.3. The van der Waals surface area contributed by atoms with Crippen molar-refractivity contribution in [3.63, 3.8) is 0 Å². The van der Waals surface area contributed by atoms with Crippen molar-refractivity contribution < 1.29 is 13.2 Å². The third-order valence-corrected chi connectivity index (χ3v) is 4.35. The van der Waals surface area contributed by atoms with Crippen LogP contribution < -0.4 is 0 Å².